The molecule has 0 saturated heterocycles. The summed E-state index contributed by atoms with van der Waals surface area (Å²) in [6, 6.07) is 6.62. The summed E-state index contributed by atoms with van der Waals surface area (Å²) in [5.74, 6) is -0.200. The molecular formula is C18H22FNO3. The third-order valence-corrected chi connectivity index (χ3v) is 3.74. The monoisotopic (exact) mass is 319 g/mol. The summed E-state index contributed by atoms with van der Waals surface area (Å²) < 4.78 is 19.3. The Morgan fingerprint density at radius 2 is 1.91 bits per heavy atom. The van der Waals surface area contributed by atoms with Gasteiger partial charge >= 0.3 is 0 Å². The van der Waals surface area contributed by atoms with Gasteiger partial charge in [0.15, 0.2) is 0 Å². The molecule has 0 aliphatic rings. The van der Waals surface area contributed by atoms with Gasteiger partial charge in [0, 0.05) is 11.6 Å². The second-order valence-electron chi connectivity index (χ2n) is 6.55. The predicted molar refractivity (Wildman–Crippen MR) is 86.5 cm³/mol. The molecule has 2 rings (SSSR count). The van der Waals surface area contributed by atoms with Crippen molar-refractivity contribution in [2.24, 2.45) is 5.41 Å². The number of ether oxygens (including phenoxy) is 1. The number of pyridine rings is 1. The summed E-state index contributed by atoms with van der Waals surface area (Å²) >= 11 is 0. The van der Waals surface area contributed by atoms with Gasteiger partial charge in [-0.1, -0.05) is 39.0 Å². The molecule has 1 heterocycles. The predicted octanol–water partition coefficient (Wildman–Crippen LogP) is 3.47. The topological polar surface area (TPSA) is 62.6 Å². The third kappa shape index (κ3) is 3.68. The SMILES string of the molecule is COc1cc(-c2ccc(CO)cc2[C@@H](O)C(C)(C)C)c(F)cn1. The first-order valence-electron chi connectivity index (χ1n) is 7.39. The Hall–Kier alpha value is -1.98. The number of halogens is 1. The Bertz CT molecular complexity index is 695. The molecule has 1 aromatic heterocycles. The van der Waals surface area contributed by atoms with Gasteiger partial charge in [-0.25, -0.2) is 9.37 Å². The maximum Gasteiger partial charge on any atom is 0.213 e. The summed E-state index contributed by atoms with van der Waals surface area (Å²) in [7, 11) is 1.46. The van der Waals surface area contributed by atoms with Crippen molar-refractivity contribution >= 4 is 0 Å². The van der Waals surface area contributed by atoms with E-state index in [0.29, 0.717) is 28.1 Å². The number of aliphatic hydroxyl groups is 2. The number of hydrogen-bond donors (Lipinski definition) is 2. The second-order valence-corrected chi connectivity index (χ2v) is 6.55. The summed E-state index contributed by atoms with van der Waals surface area (Å²) in [4.78, 5) is 3.84. The molecule has 2 aromatic rings. The van der Waals surface area contributed by atoms with Gasteiger partial charge < -0.3 is 14.9 Å². The maximum atomic E-state index is 14.3. The van der Waals surface area contributed by atoms with Crippen molar-refractivity contribution in [1.29, 1.82) is 0 Å². The van der Waals surface area contributed by atoms with Crippen LogP contribution in [0.5, 0.6) is 5.88 Å². The summed E-state index contributed by atoms with van der Waals surface area (Å²) in [5.41, 5.74) is 1.66. The average Bonchev–Trinajstić information content (AvgIpc) is 2.53. The minimum atomic E-state index is -0.817. The summed E-state index contributed by atoms with van der Waals surface area (Å²) in [6.45, 7) is 5.55. The number of hydrogen-bond acceptors (Lipinski definition) is 4. The molecule has 0 unspecified atom stereocenters. The van der Waals surface area contributed by atoms with E-state index in [1.54, 1.807) is 18.2 Å². The zero-order chi connectivity index (χ0) is 17.2. The van der Waals surface area contributed by atoms with Gasteiger partial charge in [0.2, 0.25) is 5.88 Å². The van der Waals surface area contributed by atoms with Crippen molar-refractivity contribution in [3.05, 3.63) is 47.4 Å². The standard InChI is InChI=1S/C18H22FNO3/c1-18(2,3)17(22)14-7-11(10-21)5-6-12(14)13-8-16(23-4)20-9-15(13)19/h5-9,17,21-22H,10H2,1-4H3/t17-/m1/s1. The van der Waals surface area contributed by atoms with Crippen LogP contribution in [0.2, 0.25) is 0 Å². The Kier molecular flexibility index (Phi) is 5.02. The molecule has 0 aliphatic heterocycles. The Morgan fingerprint density at radius 3 is 2.48 bits per heavy atom. The minimum Gasteiger partial charge on any atom is -0.481 e. The Labute approximate surface area is 135 Å². The van der Waals surface area contributed by atoms with E-state index in [1.165, 1.54) is 13.2 Å². The molecule has 1 aromatic carbocycles. The number of aromatic nitrogens is 1. The molecule has 0 amide bonds. The Balaban J connectivity index is 2.67. The van der Waals surface area contributed by atoms with Crippen molar-refractivity contribution in [3.8, 4) is 17.0 Å². The van der Waals surface area contributed by atoms with E-state index in [-0.39, 0.29) is 6.61 Å². The van der Waals surface area contributed by atoms with Crippen LogP contribution in [0.4, 0.5) is 4.39 Å². The van der Waals surface area contributed by atoms with Crippen LogP contribution in [0.3, 0.4) is 0 Å². The molecule has 0 spiro atoms. The van der Waals surface area contributed by atoms with E-state index in [1.807, 2.05) is 20.8 Å². The second kappa shape index (κ2) is 6.64. The molecule has 0 bridgehead atoms. The van der Waals surface area contributed by atoms with E-state index in [2.05, 4.69) is 4.98 Å². The van der Waals surface area contributed by atoms with Gasteiger partial charge in [-0.15, -0.1) is 0 Å². The quantitative estimate of drug-likeness (QED) is 0.906. The molecular weight excluding hydrogens is 297 g/mol. The zero-order valence-corrected chi connectivity index (χ0v) is 13.8. The van der Waals surface area contributed by atoms with Gasteiger partial charge in [0.25, 0.3) is 0 Å². The molecule has 0 fully saturated rings. The van der Waals surface area contributed by atoms with Crippen molar-refractivity contribution in [3.63, 3.8) is 0 Å². The van der Waals surface area contributed by atoms with E-state index in [9.17, 15) is 14.6 Å². The maximum absolute atomic E-state index is 14.3. The lowest BCUT2D eigenvalue weighted by Gasteiger charge is -2.28. The van der Waals surface area contributed by atoms with Crippen LogP contribution in [-0.4, -0.2) is 22.3 Å². The van der Waals surface area contributed by atoms with Crippen LogP contribution < -0.4 is 4.74 Å². The first-order valence-corrected chi connectivity index (χ1v) is 7.39. The number of methoxy groups -OCH3 is 1. The zero-order valence-electron chi connectivity index (χ0n) is 13.8. The largest absolute Gasteiger partial charge is 0.481 e. The summed E-state index contributed by atoms with van der Waals surface area (Å²) in [6.07, 6.45) is 0.282. The molecule has 124 valence electrons. The van der Waals surface area contributed by atoms with E-state index in [4.69, 9.17) is 4.74 Å². The molecule has 2 N–H and O–H groups in total. The van der Waals surface area contributed by atoms with Crippen LogP contribution in [0.1, 0.15) is 38.0 Å². The molecule has 5 heteroatoms. The lowest BCUT2D eigenvalue weighted by atomic mass is 9.81. The van der Waals surface area contributed by atoms with Crippen molar-refractivity contribution in [1.82, 2.24) is 4.98 Å². The number of nitrogens with zero attached hydrogens (tertiary/aromatic N) is 1. The fraction of sp³-hybridized carbons (Fsp3) is 0.389. The van der Waals surface area contributed by atoms with Crippen LogP contribution in [0.15, 0.2) is 30.5 Å². The Morgan fingerprint density at radius 1 is 1.22 bits per heavy atom. The number of benzene rings is 1. The van der Waals surface area contributed by atoms with Gasteiger partial charge in [0.1, 0.15) is 5.82 Å². The van der Waals surface area contributed by atoms with Crippen LogP contribution in [0, 0.1) is 11.2 Å². The normalized spacial score (nSPS) is 13.0. The lowest BCUT2D eigenvalue weighted by molar-refractivity contribution is 0.0630. The van der Waals surface area contributed by atoms with E-state index >= 15 is 0 Å². The van der Waals surface area contributed by atoms with E-state index in [0.717, 1.165) is 6.20 Å². The highest BCUT2D eigenvalue weighted by atomic mass is 19.1. The van der Waals surface area contributed by atoms with Crippen molar-refractivity contribution in [2.75, 3.05) is 7.11 Å². The van der Waals surface area contributed by atoms with E-state index < -0.39 is 17.3 Å². The van der Waals surface area contributed by atoms with Crippen molar-refractivity contribution < 1.29 is 19.3 Å². The first-order chi connectivity index (χ1) is 10.8. The smallest absolute Gasteiger partial charge is 0.213 e. The van der Waals surface area contributed by atoms with Gasteiger partial charge in [-0.2, -0.15) is 0 Å². The number of rotatable bonds is 4. The van der Waals surface area contributed by atoms with Crippen LogP contribution >= 0.6 is 0 Å². The highest BCUT2D eigenvalue weighted by Gasteiger charge is 2.27. The fourth-order valence-electron chi connectivity index (χ4n) is 2.39. The van der Waals surface area contributed by atoms with Gasteiger partial charge in [0.05, 0.1) is 26.0 Å². The molecule has 4 nitrogen and oxygen atoms in total. The van der Waals surface area contributed by atoms with Crippen LogP contribution in [0.25, 0.3) is 11.1 Å². The number of aliphatic hydroxyl groups excluding tert-OH is 2. The molecule has 0 radical (unpaired) electrons. The van der Waals surface area contributed by atoms with Gasteiger partial charge in [-0.3, -0.25) is 0 Å². The van der Waals surface area contributed by atoms with Crippen molar-refractivity contribution in [2.45, 2.75) is 33.5 Å². The van der Waals surface area contributed by atoms with Crippen LogP contribution in [-0.2, 0) is 6.61 Å². The highest BCUT2D eigenvalue weighted by Crippen LogP contribution is 2.39. The average molecular weight is 319 g/mol. The summed E-state index contributed by atoms with van der Waals surface area (Å²) in [5, 5.41) is 20.0. The highest BCUT2D eigenvalue weighted by molar-refractivity contribution is 5.69. The minimum absolute atomic E-state index is 0.147. The molecule has 0 saturated carbocycles. The lowest BCUT2D eigenvalue weighted by Crippen LogP contribution is -2.19. The fourth-order valence-corrected chi connectivity index (χ4v) is 2.39. The molecule has 1 atom stereocenters. The van der Waals surface area contributed by atoms with Gasteiger partial charge in [-0.05, 0) is 22.1 Å². The molecule has 0 aliphatic carbocycles. The molecule has 23 heavy (non-hydrogen) atoms. The first kappa shape index (κ1) is 17.4. The third-order valence-electron chi connectivity index (χ3n) is 3.74.